The van der Waals surface area contributed by atoms with Crippen molar-refractivity contribution in [2.24, 2.45) is 13.0 Å². The summed E-state index contributed by atoms with van der Waals surface area (Å²) in [6, 6.07) is 1.29. The molecule has 3 heterocycles. The summed E-state index contributed by atoms with van der Waals surface area (Å²) in [5, 5.41) is 4.21. The minimum Gasteiger partial charge on any atom is -0.312 e. The fourth-order valence-electron chi connectivity index (χ4n) is 2.99. The Labute approximate surface area is 112 Å². The Morgan fingerprint density at radius 3 is 2.74 bits per heavy atom. The lowest BCUT2D eigenvalue weighted by atomic mass is 9.93. The quantitative estimate of drug-likeness (QED) is 0.717. The molecule has 0 unspecified atom stereocenters. The Morgan fingerprint density at radius 2 is 2.11 bits per heavy atom. The van der Waals surface area contributed by atoms with Crippen molar-refractivity contribution in [3.05, 3.63) is 11.8 Å². The van der Waals surface area contributed by atoms with Crippen LogP contribution in [0.2, 0.25) is 0 Å². The number of nitrogens with zero attached hydrogens (tertiary/aromatic N) is 4. The number of hydrogen-bond donors (Lipinski definition) is 0. The van der Waals surface area contributed by atoms with Gasteiger partial charge in [0.1, 0.15) is 11.9 Å². The summed E-state index contributed by atoms with van der Waals surface area (Å²) in [6.45, 7) is 4.65. The van der Waals surface area contributed by atoms with Crippen molar-refractivity contribution in [3.63, 3.8) is 0 Å². The average molecular weight is 262 g/mol. The molecule has 2 saturated heterocycles. The zero-order chi connectivity index (χ0) is 13.7. The molecule has 0 saturated carbocycles. The lowest BCUT2D eigenvalue weighted by Gasteiger charge is -2.30. The van der Waals surface area contributed by atoms with Crippen LogP contribution in [0, 0.1) is 12.8 Å². The van der Waals surface area contributed by atoms with Crippen molar-refractivity contribution in [2.45, 2.75) is 32.7 Å². The monoisotopic (exact) mass is 262 g/mol. The highest BCUT2D eigenvalue weighted by molar-refractivity contribution is 6.21. The van der Waals surface area contributed by atoms with Gasteiger partial charge in [-0.1, -0.05) is 6.92 Å². The van der Waals surface area contributed by atoms with Gasteiger partial charge in [-0.2, -0.15) is 5.10 Å². The minimum atomic E-state index is -0.286. The first-order valence-electron chi connectivity index (χ1n) is 6.64. The SMILES string of the molecule is Cc1cc(N2C(=O)[C@@H]3C[C@H](C)CCN3C2=O)n(C)n1. The van der Waals surface area contributed by atoms with Crippen molar-refractivity contribution in [3.8, 4) is 0 Å². The van der Waals surface area contributed by atoms with Gasteiger partial charge in [-0.3, -0.25) is 9.48 Å². The summed E-state index contributed by atoms with van der Waals surface area (Å²) in [7, 11) is 1.75. The lowest BCUT2D eigenvalue weighted by molar-refractivity contribution is -0.120. The van der Waals surface area contributed by atoms with Gasteiger partial charge in [0.25, 0.3) is 5.91 Å². The molecule has 0 bridgehead atoms. The molecule has 1 aromatic heterocycles. The van der Waals surface area contributed by atoms with E-state index in [0.717, 1.165) is 18.5 Å². The van der Waals surface area contributed by atoms with Gasteiger partial charge in [-0.15, -0.1) is 0 Å². The predicted molar refractivity (Wildman–Crippen MR) is 69.7 cm³/mol. The van der Waals surface area contributed by atoms with Crippen molar-refractivity contribution in [1.82, 2.24) is 14.7 Å². The highest BCUT2D eigenvalue weighted by Crippen LogP contribution is 2.32. The molecule has 2 fully saturated rings. The number of rotatable bonds is 1. The molecular weight excluding hydrogens is 244 g/mol. The third kappa shape index (κ3) is 1.74. The van der Waals surface area contributed by atoms with Crippen LogP contribution >= 0.6 is 0 Å². The molecule has 3 amide bonds. The van der Waals surface area contributed by atoms with Gasteiger partial charge in [0.15, 0.2) is 0 Å². The number of amides is 3. The standard InChI is InChI=1S/C13H18N4O2/c1-8-4-5-16-10(6-8)12(18)17(13(16)19)11-7-9(2)14-15(11)3/h7-8,10H,4-6H2,1-3H3/t8-,10+/m1/s1. The van der Waals surface area contributed by atoms with Crippen LogP contribution in [0.3, 0.4) is 0 Å². The molecule has 19 heavy (non-hydrogen) atoms. The van der Waals surface area contributed by atoms with E-state index in [4.69, 9.17) is 0 Å². The fourth-order valence-corrected chi connectivity index (χ4v) is 2.99. The second-order valence-corrected chi connectivity index (χ2v) is 5.56. The van der Waals surface area contributed by atoms with E-state index in [1.165, 1.54) is 4.90 Å². The number of carbonyl (C=O) groups is 2. The molecular formula is C13H18N4O2. The van der Waals surface area contributed by atoms with Gasteiger partial charge < -0.3 is 4.90 Å². The fraction of sp³-hybridized carbons (Fsp3) is 0.615. The van der Waals surface area contributed by atoms with E-state index in [-0.39, 0.29) is 18.0 Å². The number of urea groups is 1. The molecule has 6 nitrogen and oxygen atoms in total. The van der Waals surface area contributed by atoms with E-state index in [1.54, 1.807) is 22.7 Å². The molecule has 1 aromatic rings. The first-order valence-corrected chi connectivity index (χ1v) is 6.64. The van der Waals surface area contributed by atoms with Crippen LogP contribution in [0.5, 0.6) is 0 Å². The minimum absolute atomic E-state index is 0.112. The van der Waals surface area contributed by atoms with Crippen molar-refractivity contribution >= 4 is 17.8 Å². The lowest BCUT2D eigenvalue weighted by Crippen LogP contribution is -2.41. The summed E-state index contributed by atoms with van der Waals surface area (Å²) in [5.41, 5.74) is 0.802. The average Bonchev–Trinajstić information content (AvgIpc) is 2.78. The van der Waals surface area contributed by atoms with E-state index in [0.29, 0.717) is 18.3 Å². The number of aromatic nitrogens is 2. The van der Waals surface area contributed by atoms with Crippen LogP contribution in [0.4, 0.5) is 10.6 Å². The smallest absolute Gasteiger partial charge is 0.312 e. The van der Waals surface area contributed by atoms with Gasteiger partial charge in [0.05, 0.1) is 5.69 Å². The summed E-state index contributed by atoms with van der Waals surface area (Å²) < 4.78 is 1.59. The first-order chi connectivity index (χ1) is 8.99. The van der Waals surface area contributed by atoms with Gasteiger partial charge in [0, 0.05) is 19.7 Å². The second kappa shape index (κ2) is 4.08. The highest BCUT2D eigenvalue weighted by atomic mass is 16.2. The summed E-state index contributed by atoms with van der Waals surface area (Å²) in [4.78, 5) is 27.9. The topological polar surface area (TPSA) is 58.4 Å². The van der Waals surface area contributed by atoms with Crippen molar-refractivity contribution in [1.29, 1.82) is 0 Å². The molecule has 0 radical (unpaired) electrons. The van der Waals surface area contributed by atoms with Gasteiger partial charge >= 0.3 is 6.03 Å². The highest BCUT2D eigenvalue weighted by Gasteiger charge is 2.48. The zero-order valence-electron chi connectivity index (χ0n) is 11.5. The molecule has 6 heteroatoms. The third-order valence-electron chi connectivity index (χ3n) is 4.01. The zero-order valence-corrected chi connectivity index (χ0v) is 11.5. The van der Waals surface area contributed by atoms with Gasteiger partial charge in [0.2, 0.25) is 0 Å². The Hall–Kier alpha value is -1.85. The number of anilines is 1. The number of imide groups is 1. The second-order valence-electron chi connectivity index (χ2n) is 5.56. The summed E-state index contributed by atoms with van der Waals surface area (Å²) >= 11 is 0. The normalized spacial score (nSPS) is 27.1. The maximum atomic E-state index is 12.5. The van der Waals surface area contributed by atoms with Crippen molar-refractivity contribution in [2.75, 3.05) is 11.4 Å². The molecule has 0 aromatic carbocycles. The molecule has 3 rings (SSSR count). The Balaban J connectivity index is 1.97. The maximum absolute atomic E-state index is 12.5. The molecule has 2 atom stereocenters. The van der Waals surface area contributed by atoms with Crippen LogP contribution < -0.4 is 4.90 Å². The predicted octanol–water partition coefficient (Wildman–Crippen LogP) is 1.30. The van der Waals surface area contributed by atoms with Crippen molar-refractivity contribution < 1.29 is 9.59 Å². The Morgan fingerprint density at radius 1 is 1.37 bits per heavy atom. The molecule has 2 aliphatic rings. The number of hydrogen-bond acceptors (Lipinski definition) is 3. The molecule has 102 valence electrons. The van der Waals surface area contributed by atoms with Gasteiger partial charge in [-0.25, -0.2) is 9.69 Å². The van der Waals surface area contributed by atoms with E-state index in [2.05, 4.69) is 12.0 Å². The summed E-state index contributed by atoms with van der Waals surface area (Å²) in [5.74, 6) is 0.945. The number of fused-ring (bicyclic) bond motifs is 1. The van der Waals surface area contributed by atoms with Crippen LogP contribution in [0.15, 0.2) is 6.07 Å². The molecule has 2 aliphatic heterocycles. The van der Waals surface area contributed by atoms with E-state index < -0.39 is 0 Å². The number of carbonyl (C=O) groups excluding carboxylic acids is 2. The first kappa shape index (κ1) is 12.2. The maximum Gasteiger partial charge on any atom is 0.333 e. The molecule has 0 aliphatic carbocycles. The summed E-state index contributed by atoms with van der Waals surface area (Å²) in [6.07, 6.45) is 1.73. The molecule has 0 N–H and O–H groups in total. The van der Waals surface area contributed by atoms with Crippen LogP contribution in [-0.4, -0.2) is 39.2 Å². The van der Waals surface area contributed by atoms with E-state index >= 15 is 0 Å². The molecule has 0 spiro atoms. The van der Waals surface area contributed by atoms with Crippen LogP contribution in [-0.2, 0) is 11.8 Å². The number of aryl methyl sites for hydroxylation is 2. The Kier molecular flexibility index (Phi) is 2.62. The number of piperidine rings is 1. The van der Waals surface area contributed by atoms with Crippen LogP contribution in [0.25, 0.3) is 0 Å². The third-order valence-corrected chi connectivity index (χ3v) is 4.01. The largest absolute Gasteiger partial charge is 0.333 e. The van der Waals surface area contributed by atoms with Crippen LogP contribution in [0.1, 0.15) is 25.5 Å². The van der Waals surface area contributed by atoms with E-state index in [1.807, 2.05) is 6.92 Å². The Bertz CT molecular complexity index is 551. The van der Waals surface area contributed by atoms with E-state index in [9.17, 15) is 9.59 Å². The van der Waals surface area contributed by atoms with Gasteiger partial charge in [-0.05, 0) is 25.7 Å².